The number of carbonyl (C=O) groups is 2. The van der Waals surface area contributed by atoms with E-state index in [1.165, 1.54) is 19.2 Å². The minimum Gasteiger partial charge on any atom is -0.493 e. The van der Waals surface area contributed by atoms with Crippen molar-refractivity contribution in [2.45, 2.75) is 32.7 Å². The summed E-state index contributed by atoms with van der Waals surface area (Å²) in [6, 6.07) is 9.87. The zero-order valence-electron chi connectivity index (χ0n) is 19.3. The van der Waals surface area contributed by atoms with Crippen LogP contribution in [0.3, 0.4) is 0 Å². The van der Waals surface area contributed by atoms with Gasteiger partial charge in [0.05, 0.1) is 42.6 Å². The third-order valence-corrected chi connectivity index (χ3v) is 5.06. The van der Waals surface area contributed by atoms with E-state index in [-0.39, 0.29) is 40.6 Å². The van der Waals surface area contributed by atoms with Gasteiger partial charge in [-0.25, -0.2) is 9.59 Å². The number of urea groups is 1. The molecule has 2 N–H and O–H groups in total. The molecule has 2 aromatic carbocycles. The quantitative estimate of drug-likeness (QED) is 0.304. The van der Waals surface area contributed by atoms with Crippen LogP contribution in [0, 0.1) is 10.1 Å². The van der Waals surface area contributed by atoms with Crippen LogP contribution in [-0.4, -0.2) is 37.2 Å². The summed E-state index contributed by atoms with van der Waals surface area (Å²) in [5.41, 5.74) is 0.859. The summed E-state index contributed by atoms with van der Waals surface area (Å²) in [5, 5.41) is 17.2. The molecule has 1 aliphatic rings. The second-order valence-electron chi connectivity index (χ2n) is 7.49. The van der Waals surface area contributed by atoms with Crippen LogP contribution in [0.2, 0.25) is 0 Å². The molecule has 3 rings (SSSR count). The highest BCUT2D eigenvalue weighted by molar-refractivity contribution is 6.04. The lowest BCUT2D eigenvalue weighted by atomic mass is 9.91. The Morgan fingerprint density at radius 2 is 1.71 bits per heavy atom. The number of nitrogens with zero attached hydrogens (tertiary/aromatic N) is 1. The van der Waals surface area contributed by atoms with Crippen molar-refractivity contribution < 1.29 is 28.7 Å². The van der Waals surface area contributed by atoms with Gasteiger partial charge < -0.3 is 24.8 Å². The predicted molar refractivity (Wildman–Crippen MR) is 124 cm³/mol. The monoisotopic (exact) mass is 469 g/mol. The molecule has 0 radical (unpaired) electrons. The molecule has 180 valence electrons. The van der Waals surface area contributed by atoms with Crippen LogP contribution in [0.15, 0.2) is 48.0 Å². The molecule has 0 bridgehead atoms. The summed E-state index contributed by atoms with van der Waals surface area (Å²) in [5.74, 6) is -0.389. The van der Waals surface area contributed by atoms with Gasteiger partial charge in [-0.3, -0.25) is 10.1 Å². The van der Waals surface area contributed by atoms with Crippen molar-refractivity contribution in [1.82, 2.24) is 10.6 Å². The highest BCUT2D eigenvalue weighted by Crippen LogP contribution is 2.42. The number of nitro groups is 1. The van der Waals surface area contributed by atoms with Crippen molar-refractivity contribution >= 4 is 23.4 Å². The number of ether oxygens (including phenoxy) is 3. The van der Waals surface area contributed by atoms with Crippen LogP contribution in [-0.2, 0) is 9.53 Å². The standard InChI is InChI=1S/C24H27N3O7/c1-4-11-33-18-14-19(34-12-5-2)17(27(30)31)13-16(18)22-20(23(28)32-3)21(25-24(29)26-22)15-9-7-6-8-10-15/h6-10,13-14,22H,4-5,11-12H2,1-3H3,(H2,25,26,29). The van der Waals surface area contributed by atoms with E-state index in [1.54, 1.807) is 30.3 Å². The zero-order valence-corrected chi connectivity index (χ0v) is 19.3. The molecule has 0 saturated heterocycles. The fourth-order valence-electron chi connectivity index (χ4n) is 3.56. The SMILES string of the molecule is CCCOc1cc(OCCC)c([N+](=O)[O-])cc1C1NC(=O)NC(c2ccccc2)=C1C(=O)OC. The van der Waals surface area contributed by atoms with Crippen LogP contribution in [0.5, 0.6) is 11.5 Å². The average Bonchev–Trinajstić information content (AvgIpc) is 2.85. The average molecular weight is 469 g/mol. The van der Waals surface area contributed by atoms with Crippen LogP contribution >= 0.6 is 0 Å². The Balaban J connectivity index is 2.26. The van der Waals surface area contributed by atoms with Crippen molar-refractivity contribution in [1.29, 1.82) is 0 Å². The van der Waals surface area contributed by atoms with Crippen LogP contribution in [0.1, 0.15) is 43.9 Å². The maximum atomic E-state index is 12.9. The van der Waals surface area contributed by atoms with Crippen molar-refractivity contribution in [3.63, 3.8) is 0 Å². The first-order valence-corrected chi connectivity index (χ1v) is 10.9. The second kappa shape index (κ2) is 11.2. The summed E-state index contributed by atoms with van der Waals surface area (Å²) in [6.07, 6.45) is 1.33. The maximum Gasteiger partial charge on any atom is 0.338 e. The number of esters is 1. The van der Waals surface area contributed by atoms with E-state index in [2.05, 4.69) is 10.6 Å². The topological polar surface area (TPSA) is 129 Å². The Hall–Kier alpha value is -4.08. The number of carbonyl (C=O) groups excluding carboxylic acids is 2. The maximum absolute atomic E-state index is 12.9. The van der Waals surface area contributed by atoms with Crippen LogP contribution < -0.4 is 20.1 Å². The molecule has 0 aliphatic carbocycles. The summed E-state index contributed by atoms with van der Waals surface area (Å²) < 4.78 is 16.5. The first-order chi connectivity index (χ1) is 16.4. The molecule has 2 amide bonds. The zero-order chi connectivity index (χ0) is 24.7. The summed E-state index contributed by atoms with van der Waals surface area (Å²) >= 11 is 0. The number of benzene rings is 2. The highest BCUT2D eigenvalue weighted by atomic mass is 16.6. The second-order valence-corrected chi connectivity index (χ2v) is 7.49. The molecular weight excluding hydrogens is 442 g/mol. The summed E-state index contributed by atoms with van der Waals surface area (Å²) in [7, 11) is 1.23. The third-order valence-electron chi connectivity index (χ3n) is 5.06. The molecule has 1 unspecified atom stereocenters. The fourth-order valence-corrected chi connectivity index (χ4v) is 3.56. The predicted octanol–water partition coefficient (Wildman–Crippen LogP) is 4.11. The van der Waals surface area contributed by atoms with Crippen molar-refractivity contribution in [2.75, 3.05) is 20.3 Å². The first kappa shape index (κ1) is 24.6. The lowest BCUT2D eigenvalue weighted by Crippen LogP contribution is -2.45. The van der Waals surface area contributed by atoms with Gasteiger partial charge in [-0.15, -0.1) is 0 Å². The fraction of sp³-hybridized carbons (Fsp3) is 0.333. The van der Waals surface area contributed by atoms with E-state index in [4.69, 9.17) is 14.2 Å². The van der Waals surface area contributed by atoms with Crippen LogP contribution in [0.4, 0.5) is 10.5 Å². The number of amides is 2. The number of nitro benzene ring substituents is 1. The van der Waals surface area contributed by atoms with Gasteiger partial charge in [-0.2, -0.15) is 0 Å². The first-order valence-electron chi connectivity index (χ1n) is 10.9. The smallest absolute Gasteiger partial charge is 0.338 e. The molecule has 0 saturated carbocycles. The van der Waals surface area contributed by atoms with Gasteiger partial charge in [0.2, 0.25) is 5.75 Å². The molecule has 0 aromatic heterocycles. The third kappa shape index (κ3) is 5.28. The van der Waals surface area contributed by atoms with Gasteiger partial charge in [-0.1, -0.05) is 44.2 Å². The van der Waals surface area contributed by atoms with E-state index in [9.17, 15) is 19.7 Å². The molecule has 10 heteroatoms. The molecule has 34 heavy (non-hydrogen) atoms. The Kier molecular flexibility index (Phi) is 8.07. The van der Waals surface area contributed by atoms with Gasteiger partial charge in [0.1, 0.15) is 5.75 Å². The number of hydrogen-bond acceptors (Lipinski definition) is 7. The normalized spacial score (nSPS) is 15.3. The molecule has 10 nitrogen and oxygen atoms in total. The van der Waals surface area contributed by atoms with Gasteiger partial charge >= 0.3 is 17.7 Å². The lowest BCUT2D eigenvalue weighted by Gasteiger charge is -2.30. The van der Waals surface area contributed by atoms with E-state index >= 15 is 0 Å². The Morgan fingerprint density at radius 3 is 2.29 bits per heavy atom. The molecule has 0 fully saturated rings. The summed E-state index contributed by atoms with van der Waals surface area (Å²) in [6.45, 7) is 4.40. The van der Waals surface area contributed by atoms with E-state index < -0.39 is 23.0 Å². The minimum atomic E-state index is -1.07. The molecule has 1 atom stereocenters. The van der Waals surface area contributed by atoms with E-state index in [1.807, 2.05) is 13.8 Å². The van der Waals surface area contributed by atoms with Gasteiger partial charge in [0.15, 0.2) is 0 Å². The van der Waals surface area contributed by atoms with Gasteiger partial charge in [0.25, 0.3) is 0 Å². The Labute approximate surface area is 197 Å². The van der Waals surface area contributed by atoms with E-state index in [0.717, 1.165) is 0 Å². The molecule has 0 spiro atoms. The molecule has 1 aliphatic heterocycles. The highest BCUT2D eigenvalue weighted by Gasteiger charge is 2.37. The largest absolute Gasteiger partial charge is 0.493 e. The van der Waals surface area contributed by atoms with Gasteiger partial charge in [0, 0.05) is 17.7 Å². The lowest BCUT2D eigenvalue weighted by molar-refractivity contribution is -0.386. The van der Waals surface area contributed by atoms with Crippen molar-refractivity contribution in [3.05, 3.63) is 69.3 Å². The van der Waals surface area contributed by atoms with Crippen molar-refractivity contribution in [3.8, 4) is 11.5 Å². The number of nitrogens with one attached hydrogen (secondary N) is 2. The van der Waals surface area contributed by atoms with Gasteiger partial charge in [-0.05, 0) is 18.4 Å². The molecule has 1 heterocycles. The molecular formula is C24H27N3O7. The number of rotatable bonds is 10. The van der Waals surface area contributed by atoms with E-state index in [0.29, 0.717) is 25.0 Å². The Bertz CT molecular complexity index is 1100. The molecule has 2 aromatic rings. The number of hydrogen-bond donors (Lipinski definition) is 2. The Morgan fingerprint density at radius 1 is 1.06 bits per heavy atom. The van der Waals surface area contributed by atoms with Crippen LogP contribution in [0.25, 0.3) is 5.70 Å². The van der Waals surface area contributed by atoms with Crippen molar-refractivity contribution in [2.24, 2.45) is 0 Å². The number of methoxy groups -OCH3 is 1. The minimum absolute atomic E-state index is 0.0499. The summed E-state index contributed by atoms with van der Waals surface area (Å²) in [4.78, 5) is 36.8.